The lowest BCUT2D eigenvalue weighted by atomic mass is 10.1. The number of nitrogens with zero attached hydrogens (tertiary/aromatic N) is 1. The third-order valence-electron chi connectivity index (χ3n) is 3.76. The van der Waals surface area contributed by atoms with Gasteiger partial charge in [-0.1, -0.05) is 36.4 Å². The van der Waals surface area contributed by atoms with Gasteiger partial charge >= 0.3 is 0 Å². The number of carbonyl (C=O) groups is 1. The van der Waals surface area contributed by atoms with E-state index in [-0.39, 0.29) is 5.91 Å². The van der Waals surface area contributed by atoms with Crippen molar-refractivity contribution in [3.05, 3.63) is 71.9 Å². The molecule has 0 fully saturated rings. The van der Waals surface area contributed by atoms with E-state index in [1.54, 1.807) is 0 Å². The molecule has 3 heteroatoms. The summed E-state index contributed by atoms with van der Waals surface area (Å²) in [5.41, 5.74) is 4.29. The second-order valence-electron chi connectivity index (χ2n) is 5.54. The average molecular weight is 303 g/mol. The van der Waals surface area contributed by atoms with Crippen LogP contribution >= 0.6 is 0 Å². The van der Waals surface area contributed by atoms with E-state index in [0.717, 1.165) is 11.3 Å². The maximum atomic E-state index is 11.0. The van der Waals surface area contributed by atoms with E-state index >= 15 is 0 Å². The zero-order chi connectivity index (χ0) is 16.2. The first-order chi connectivity index (χ1) is 11.1. The van der Waals surface area contributed by atoms with E-state index in [0.29, 0.717) is 0 Å². The number of anilines is 1. The molecule has 3 rings (SSSR count). The molecule has 0 bridgehead atoms. The summed E-state index contributed by atoms with van der Waals surface area (Å²) < 4.78 is 2.12. The molecule has 1 heterocycles. The van der Waals surface area contributed by atoms with Crippen LogP contribution in [-0.2, 0) is 11.8 Å². The van der Waals surface area contributed by atoms with Crippen LogP contribution in [0.1, 0.15) is 18.1 Å². The average Bonchev–Trinajstić information content (AvgIpc) is 2.55. The second kappa shape index (κ2) is 6.44. The number of aromatic nitrogens is 1. The Kier molecular flexibility index (Phi) is 4.20. The molecule has 2 aromatic carbocycles. The number of benzene rings is 2. The molecule has 0 saturated carbocycles. The Balaban J connectivity index is 1.88. The van der Waals surface area contributed by atoms with Crippen LogP contribution in [0.2, 0.25) is 0 Å². The molecule has 0 atom stereocenters. The molecule has 23 heavy (non-hydrogen) atoms. The van der Waals surface area contributed by atoms with Crippen LogP contribution in [0, 0.1) is 0 Å². The molecule has 3 nitrogen and oxygen atoms in total. The minimum Gasteiger partial charge on any atom is -0.326 e. The van der Waals surface area contributed by atoms with Gasteiger partial charge in [-0.3, -0.25) is 4.79 Å². The van der Waals surface area contributed by atoms with Crippen molar-refractivity contribution in [3.8, 4) is 0 Å². The van der Waals surface area contributed by atoms with Gasteiger partial charge in [0, 0.05) is 24.7 Å². The molecule has 3 aromatic rings. The second-order valence-corrected chi connectivity index (χ2v) is 5.54. The third kappa shape index (κ3) is 3.46. The van der Waals surface area contributed by atoms with Gasteiger partial charge < -0.3 is 5.32 Å². The van der Waals surface area contributed by atoms with Gasteiger partial charge in [-0.25, -0.2) is 4.57 Å². The highest BCUT2D eigenvalue weighted by Gasteiger charge is 2.06. The van der Waals surface area contributed by atoms with Gasteiger partial charge in [-0.15, -0.1) is 0 Å². The monoisotopic (exact) mass is 303 g/mol. The fraction of sp³-hybridized carbons (Fsp3) is 0.100. The maximum absolute atomic E-state index is 11.0. The van der Waals surface area contributed by atoms with Crippen molar-refractivity contribution >= 4 is 34.6 Å². The first-order valence-corrected chi connectivity index (χ1v) is 7.56. The normalized spacial score (nSPS) is 11.0. The fourth-order valence-electron chi connectivity index (χ4n) is 2.60. The van der Waals surface area contributed by atoms with Gasteiger partial charge in [0.15, 0.2) is 6.20 Å². The van der Waals surface area contributed by atoms with Gasteiger partial charge in [0.05, 0.1) is 5.39 Å². The van der Waals surface area contributed by atoms with Crippen LogP contribution < -0.4 is 9.88 Å². The van der Waals surface area contributed by atoms with E-state index < -0.39 is 0 Å². The molecule has 0 aliphatic rings. The predicted octanol–water partition coefficient (Wildman–Crippen LogP) is 3.79. The summed E-state index contributed by atoms with van der Waals surface area (Å²) in [5, 5.41) is 4.00. The summed E-state index contributed by atoms with van der Waals surface area (Å²) in [6, 6.07) is 18.3. The van der Waals surface area contributed by atoms with Gasteiger partial charge in [0.2, 0.25) is 11.4 Å². The Morgan fingerprint density at radius 3 is 2.48 bits per heavy atom. The first kappa shape index (κ1) is 15.0. The largest absolute Gasteiger partial charge is 0.326 e. The van der Waals surface area contributed by atoms with Crippen molar-refractivity contribution in [1.29, 1.82) is 0 Å². The number of hydrogen-bond acceptors (Lipinski definition) is 1. The Hall–Kier alpha value is -2.94. The molecule has 114 valence electrons. The number of rotatable bonds is 3. The molecule has 0 spiro atoms. The van der Waals surface area contributed by atoms with E-state index in [9.17, 15) is 4.79 Å². The Morgan fingerprint density at radius 2 is 1.74 bits per heavy atom. The number of fused-ring (bicyclic) bond motifs is 1. The number of aryl methyl sites for hydroxylation is 1. The molecule has 0 unspecified atom stereocenters. The zero-order valence-corrected chi connectivity index (χ0v) is 13.3. The van der Waals surface area contributed by atoms with Crippen molar-refractivity contribution in [2.75, 3.05) is 5.32 Å². The predicted molar refractivity (Wildman–Crippen MR) is 94.8 cm³/mol. The van der Waals surface area contributed by atoms with Crippen LogP contribution in [0.3, 0.4) is 0 Å². The number of para-hydroxylation sites is 1. The molecule has 0 aliphatic heterocycles. The summed E-state index contributed by atoms with van der Waals surface area (Å²) in [7, 11) is 2.05. The summed E-state index contributed by atoms with van der Waals surface area (Å²) in [6.45, 7) is 1.51. The van der Waals surface area contributed by atoms with E-state index in [1.165, 1.54) is 23.4 Å². The number of amides is 1. The highest BCUT2D eigenvalue weighted by Crippen LogP contribution is 2.18. The van der Waals surface area contributed by atoms with Crippen molar-refractivity contribution in [1.82, 2.24) is 0 Å². The quantitative estimate of drug-likeness (QED) is 0.734. The number of carbonyl (C=O) groups excluding carboxylic acids is 1. The molecule has 0 saturated heterocycles. The zero-order valence-electron chi connectivity index (χ0n) is 13.3. The number of pyridine rings is 1. The fourth-order valence-corrected chi connectivity index (χ4v) is 2.60. The van der Waals surface area contributed by atoms with Gasteiger partial charge in [0.1, 0.15) is 7.05 Å². The standard InChI is InChI=1S/C20H18N2O/c1-15(23)21-18-11-8-16(9-12-18)7-10-17-13-14-22(2)20-6-4-3-5-19(17)20/h3-14H,1-2H3/p+1. The summed E-state index contributed by atoms with van der Waals surface area (Å²) in [4.78, 5) is 11.0. The van der Waals surface area contributed by atoms with Crippen molar-refractivity contribution in [2.45, 2.75) is 6.92 Å². The van der Waals surface area contributed by atoms with Crippen LogP contribution in [0.4, 0.5) is 5.69 Å². The lowest BCUT2D eigenvalue weighted by Gasteiger charge is -2.02. The minimum atomic E-state index is -0.0584. The van der Waals surface area contributed by atoms with Gasteiger partial charge in [-0.05, 0) is 29.3 Å². The SMILES string of the molecule is CC(=O)Nc1ccc(C=Cc2cc[n+](C)c3ccccc23)cc1. The highest BCUT2D eigenvalue weighted by molar-refractivity contribution is 5.90. The van der Waals surface area contributed by atoms with Crippen LogP contribution in [0.5, 0.6) is 0 Å². The van der Waals surface area contributed by atoms with Crippen molar-refractivity contribution in [3.63, 3.8) is 0 Å². The Morgan fingerprint density at radius 1 is 1.00 bits per heavy atom. The molecule has 0 aliphatic carbocycles. The number of nitrogens with one attached hydrogen (secondary N) is 1. The first-order valence-electron chi connectivity index (χ1n) is 7.56. The molecule has 1 N–H and O–H groups in total. The van der Waals surface area contributed by atoms with Gasteiger partial charge in [0.25, 0.3) is 0 Å². The van der Waals surface area contributed by atoms with Crippen LogP contribution in [0.15, 0.2) is 60.8 Å². The van der Waals surface area contributed by atoms with Crippen LogP contribution in [0.25, 0.3) is 23.1 Å². The number of hydrogen-bond donors (Lipinski definition) is 1. The third-order valence-corrected chi connectivity index (χ3v) is 3.76. The summed E-state index contributed by atoms with van der Waals surface area (Å²) in [6.07, 6.45) is 6.27. The van der Waals surface area contributed by atoms with Crippen molar-refractivity contribution in [2.24, 2.45) is 7.05 Å². The lowest BCUT2D eigenvalue weighted by Crippen LogP contribution is -2.28. The maximum Gasteiger partial charge on any atom is 0.221 e. The highest BCUT2D eigenvalue weighted by atomic mass is 16.1. The summed E-state index contributed by atoms with van der Waals surface area (Å²) >= 11 is 0. The molecular weight excluding hydrogens is 284 g/mol. The van der Waals surface area contributed by atoms with Crippen LogP contribution in [-0.4, -0.2) is 5.91 Å². The van der Waals surface area contributed by atoms with E-state index in [1.807, 2.05) is 24.3 Å². The Labute approximate surface area is 135 Å². The molecule has 1 amide bonds. The lowest BCUT2D eigenvalue weighted by molar-refractivity contribution is -0.644. The van der Waals surface area contributed by atoms with E-state index in [4.69, 9.17) is 0 Å². The van der Waals surface area contributed by atoms with E-state index in [2.05, 4.69) is 65.6 Å². The smallest absolute Gasteiger partial charge is 0.221 e. The molecule has 0 radical (unpaired) electrons. The van der Waals surface area contributed by atoms with Crippen molar-refractivity contribution < 1.29 is 9.36 Å². The minimum absolute atomic E-state index is 0.0584. The Bertz CT molecular complexity index is 880. The topological polar surface area (TPSA) is 33.0 Å². The molecule has 1 aromatic heterocycles. The molecular formula is C20H19N2O+. The summed E-state index contributed by atoms with van der Waals surface area (Å²) in [5.74, 6) is -0.0584. The van der Waals surface area contributed by atoms with Gasteiger partial charge in [-0.2, -0.15) is 0 Å².